The van der Waals surface area contributed by atoms with Crippen LogP contribution in [0.5, 0.6) is 5.75 Å². The summed E-state index contributed by atoms with van der Waals surface area (Å²) >= 11 is 0. The van der Waals surface area contributed by atoms with Gasteiger partial charge in [0.05, 0.1) is 11.6 Å². The smallest absolute Gasteiger partial charge is 0.310 e. The summed E-state index contributed by atoms with van der Waals surface area (Å²) in [7, 11) is 0. The van der Waals surface area contributed by atoms with E-state index in [0.29, 0.717) is 24.5 Å². The SMILES string of the molecule is CC=C(NOCCOc1cccc(C(C)C(=O)O)c1)c1ccc(-c2ccccc2)cc1. The molecule has 1 atom stereocenters. The third-order valence-corrected chi connectivity index (χ3v) is 4.96. The maximum atomic E-state index is 11.1. The summed E-state index contributed by atoms with van der Waals surface area (Å²) < 4.78 is 5.69. The molecule has 0 bridgehead atoms. The Labute approximate surface area is 182 Å². The van der Waals surface area contributed by atoms with E-state index >= 15 is 0 Å². The van der Waals surface area contributed by atoms with Crippen LogP contribution in [0.3, 0.4) is 0 Å². The van der Waals surface area contributed by atoms with E-state index in [1.54, 1.807) is 31.2 Å². The zero-order valence-electron chi connectivity index (χ0n) is 17.7. The van der Waals surface area contributed by atoms with Crippen LogP contribution in [0.2, 0.25) is 0 Å². The number of carbonyl (C=O) groups is 1. The van der Waals surface area contributed by atoms with Gasteiger partial charge in [-0.2, -0.15) is 0 Å². The van der Waals surface area contributed by atoms with E-state index in [-0.39, 0.29) is 0 Å². The van der Waals surface area contributed by atoms with Crippen LogP contribution in [-0.2, 0) is 9.63 Å². The summed E-state index contributed by atoms with van der Waals surface area (Å²) in [6.07, 6.45) is 1.95. The molecule has 0 spiro atoms. The second kappa shape index (κ2) is 11.0. The van der Waals surface area contributed by atoms with Crippen LogP contribution in [0, 0.1) is 0 Å². The Balaban J connectivity index is 1.48. The van der Waals surface area contributed by atoms with Crippen molar-refractivity contribution in [3.05, 3.63) is 96.1 Å². The number of allylic oxidation sites excluding steroid dienone is 1. The van der Waals surface area contributed by atoms with E-state index in [1.165, 1.54) is 5.56 Å². The summed E-state index contributed by atoms with van der Waals surface area (Å²) in [5, 5.41) is 9.14. The molecule has 0 radical (unpaired) electrons. The van der Waals surface area contributed by atoms with E-state index in [2.05, 4.69) is 41.9 Å². The number of benzene rings is 3. The Kier molecular flexibility index (Phi) is 7.85. The monoisotopic (exact) mass is 417 g/mol. The molecule has 160 valence electrons. The second-order valence-corrected chi connectivity index (χ2v) is 7.08. The van der Waals surface area contributed by atoms with E-state index in [9.17, 15) is 4.79 Å². The lowest BCUT2D eigenvalue weighted by Crippen LogP contribution is -2.18. The van der Waals surface area contributed by atoms with Gasteiger partial charge in [-0.25, -0.2) is 0 Å². The molecule has 1 unspecified atom stereocenters. The van der Waals surface area contributed by atoms with Gasteiger partial charge in [-0.1, -0.05) is 72.8 Å². The van der Waals surface area contributed by atoms with Gasteiger partial charge < -0.3 is 9.84 Å². The number of aliphatic carboxylic acids is 1. The first-order valence-electron chi connectivity index (χ1n) is 10.2. The van der Waals surface area contributed by atoms with Crippen LogP contribution < -0.4 is 10.2 Å². The summed E-state index contributed by atoms with van der Waals surface area (Å²) in [4.78, 5) is 16.7. The van der Waals surface area contributed by atoms with E-state index in [0.717, 1.165) is 16.8 Å². The Bertz CT molecular complexity index is 1010. The molecule has 31 heavy (non-hydrogen) atoms. The summed E-state index contributed by atoms with van der Waals surface area (Å²) in [5.74, 6) is -0.815. The van der Waals surface area contributed by atoms with Crippen molar-refractivity contribution in [2.75, 3.05) is 13.2 Å². The highest BCUT2D eigenvalue weighted by molar-refractivity contribution is 5.75. The molecule has 0 aromatic heterocycles. The van der Waals surface area contributed by atoms with Crippen molar-refractivity contribution in [3.8, 4) is 16.9 Å². The van der Waals surface area contributed by atoms with Crippen LogP contribution in [-0.4, -0.2) is 24.3 Å². The van der Waals surface area contributed by atoms with Crippen LogP contribution in [0.1, 0.15) is 30.9 Å². The minimum atomic E-state index is -0.861. The highest BCUT2D eigenvalue weighted by Gasteiger charge is 2.13. The molecule has 0 saturated heterocycles. The van der Waals surface area contributed by atoms with Gasteiger partial charge in [0.2, 0.25) is 0 Å². The number of hydrogen-bond acceptors (Lipinski definition) is 4. The molecule has 0 heterocycles. The lowest BCUT2D eigenvalue weighted by molar-refractivity contribution is -0.138. The predicted octanol–water partition coefficient (Wildman–Crippen LogP) is 5.50. The minimum Gasteiger partial charge on any atom is -0.491 e. The fourth-order valence-electron chi connectivity index (χ4n) is 3.10. The molecular formula is C26H27NO4. The molecule has 5 nitrogen and oxygen atoms in total. The first-order chi connectivity index (χ1) is 15.1. The number of carboxylic acids is 1. The van der Waals surface area contributed by atoms with Gasteiger partial charge in [0.1, 0.15) is 19.0 Å². The topological polar surface area (TPSA) is 67.8 Å². The van der Waals surface area contributed by atoms with Crippen LogP contribution in [0.4, 0.5) is 0 Å². The molecule has 0 saturated carbocycles. The van der Waals surface area contributed by atoms with Crippen molar-refractivity contribution in [2.24, 2.45) is 0 Å². The Morgan fingerprint density at radius 1 is 0.968 bits per heavy atom. The molecule has 0 aliphatic heterocycles. The lowest BCUT2D eigenvalue weighted by Gasteiger charge is -2.13. The molecule has 3 aromatic rings. The average molecular weight is 418 g/mol. The largest absolute Gasteiger partial charge is 0.491 e. The van der Waals surface area contributed by atoms with Crippen molar-refractivity contribution >= 4 is 11.7 Å². The molecule has 2 N–H and O–H groups in total. The van der Waals surface area contributed by atoms with Gasteiger partial charge >= 0.3 is 5.97 Å². The molecule has 3 rings (SSSR count). The predicted molar refractivity (Wildman–Crippen MR) is 123 cm³/mol. The molecular weight excluding hydrogens is 390 g/mol. The van der Waals surface area contributed by atoms with E-state index in [1.807, 2.05) is 31.2 Å². The van der Waals surface area contributed by atoms with Crippen molar-refractivity contribution in [3.63, 3.8) is 0 Å². The Morgan fingerprint density at radius 3 is 2.35 bits per heavy atom. The first-order valence-corrected chi connectivity index (χ1v) is 10.2. The van der Waals surface area contributed by atoms with Gasteiger partial charge in [-0.05, 0) is 48.2 Å². The van der Waals surface area contributed by atoms with Crippen LogP contribution >= 0.6 is 0 Å². The normalized spacial score (nSPS) is 12.3. The number of hydrogen-bond donors (Lipinski definition) is 2. The van der Waals surface area contributed by atoms with Crippen molar-refractivity contribution in [2.45, 2.75) is 19.8 Å². The van der Waals surface area contributed by atoms with E-state index in [4.69, 9.17) is 14.7 Å². The number of carboxylic acid groups (broad SMARTS) is 1. The number of hydroxylamine groups is 1. The van der Waals surface area contributed by atoms with E-state index < -0.39 is 11.9 Å². The van der Waals surface area contributed by atoms with Crippen molar-refractivity contribution < 1.29 is 19.5 Å². The molecule has 0 aliphatic rings. The molecule has 5 heteroatoms. The van der Waals surface area contributed by atoms with Gasteiger partial charge in [0.25, 0.3) is 0 Å². The molecule has 0 amide bonds. The second-order valence-electron chi connectivity index (χ2n) is 7.08. The minimum absolute atomic E-state index is 0.331. The zero-order chi connectivity index (χ0) is 22.1. The lowest BCUT2D eigenvalue weighted by atomic mass is 10.0. The maximum absolute atomic E-state index is 11.1. The number of nitrogens with one attached hydrogen (secondary N) is 1. The number of rotatable bonds is 10. The van der Waals surface area contributed by atoms with Crippen molar-refractivity contribution in [1.82, 2.24) is 5.48 Å². The molecule has 3 aromatic carbocycles. The first kappa shape index (κ1) is 22.1. The third-order valence-electron chi connectivity index (χ3n) is 4.96. The quantitative estimate of drug-likeness (QED) is 0.337. The fraction of sp³-hybridized carbons (Fsp3) is 0.192. The van der Waals surface area contributed by atoms with Crippen molar-refractivity contribution in [1.29, 1.82) is 0 Å². The Hall–Kier alpha value is -3.57. The van der Waals surface area contributed by atoms with Gasteiger partial charge in [0, 0.05) is 0 Å². The molecule has 0 aliphatic carbocycles. The standard InChI is InChI=1S/C26H27NO4/c1-3-25(22-14-12-21(13-15-22)20-8-5-4-6-9-20)27-31-17-16-30-24-11-7-10-23(18-24)19(2)26(28)29/h3-15,18-19,27H,16-17H2,1-2H3,(H,28,29). The average Bonchev–Trinajstić information content (AvgIpc) is 2.82. The van der Waals surface area contributed by atoms with Gasteiger partial charge in [-0.15, -0.1) is 0 Å². The fourth-order valence-corrected chi connectivity index (χ4v) is 3.10. The summed E-state index contributed by atoms with van der Waals surface area (Å²) in [6.45, 7) is 4.27. The highest BCUT2D eigenvalue weighted by Crippen LogP contribution is 2.22. The summed E-state index contributed by atoms with van der Waals surface area (Å²) in [6, 6.07) is 25.7. The zero-order valence-corrected chi connectivity index (χ0v) is 17.7. The highest BCUT2D eigenvalue weighted by atomic mass is 16.7. The van der Waals surface area contributed by atoms with Crippen LogP contribution in [0.25, 0.3) is 16.8 Å². The van der Waals surface area contributed by atoms with Gasteiger partial charge in [0.15, 0.2) is 0 Å². The third kappa shape index (κ3) is 6.20. The molecule has 0 fully saturated rings. The Morgan fingerprint density at radius 2 is 1.68 bits per heavy atom. The van der Waals surface area contributed by atoms with Crippen LogP contribution in [0.15, 0.2) is 84.9 Å². The number of ether oxygens (including phenoxy) is 1. The van der Waals surface area contributed by atoms with Gasteiger partial charge in [-0.3, -0.25) is 15.1 Å². The summed E-state index contributed by atoms with van der Waals surface area (Å²) in [5.41, 5.74) is 7.93. The maximum Gasteiger partial charge on any atom is 0.310 e.